The molecule has 0 radical (unpaired) electrons. The molecule has 0 atom stereocenters. The smallest absolute Gasteiger partial charge is 0.183 e. The highest BCUT2D eigenvalue weighted by Crippen LogP contribution is 2.14. The van der Waals surface area contributed by atoms with Gasteiger partial charge in [-0.15, -0.1) is 0 Å². The maximum atomic E-state index is 13.8. The minimum Gasteiger partial charge on any atom is -0.381 e. The number of hydrogen-bond acceptors (Lipinski definition) is 7. The van der Waals surface area contributed by atoms with Gasteiger partial charge in [-0.2, -0.15) is 0 Å². The number of nitrogens with zero attached hydrogens (tertiary/aromatic N) is 3. The molecule has 4 N–H and O–H groups in total. The highest BCUT2D eigenvalue weighted by molar-refractivity contribution is 6.07. The summed E-state index contributed by atoms with van der Waals surface area (Å²) in [7, 11) is 0. The second-order valence-corrected chi connectivity index (χ2v) is 5.23. The molecule has 26 heavy (non-hydrogen) atoms. The lowest BCUT2D eigenvalue weighted by atomic mass is 10.2. The molecule has 0 bridgehead atoms. The number of rotatable bonds is 6. The topological polar surface area (TPSA) is 114 Å². The van der Waals surface area contributed by atoms with Gasteiger partial charge in [0.25, 0.3) is 0 Å². The molecule has 3 rings (SSSR count). The second-order valence-electron chi connectivity index (χ2n) is 5.23. The zero-order valence-electron chi connectivity index (χ0n) is 13.4. The van der Waals surface area contributed by atoms with E-state index in [2.05, 4.69) is 20.4 Å². The molecule has 0 spiro atoms. The minimum absolute atomic E-state index is 0.0578. The van der Waals surface area contributed by atoms with Crippen LogP contribution in [0.15, 0.2) is 53.4 Å². The van der Waals surface area contributed by atoms with Crippen LogP contribution >= 0.6 is 0 Å². The van der Waals surface area contributed by atoms with Crippen molar-refractivity contribution in [1.29, 1.82) is 5.41 Å². The Bertz CT molecular complexity index is 956. The fraction of sp³-hybridized carbons (Fsp3) is 0.0588. The molecule has 0 saturated carbocycles. The lowest BCUT2D eigenvalue weighted by Gasteiger charge is -2.10. The van der Waals surface area contributed by atoms with E-state index < -0.39 is 5.82 Å². The lowest BCUT2D eigenvalue weighted by Crippen LogP contribution is -2.16. The SMILES string of the molecule is N=C(/C=C(\NCc1ccccc1F)c1ccon1)c1ncc(F)c(N)n1. The van der Waals surface area contributed by atoms with Crippen LogP contribution in [0.1, 0.15) is 17.1 Å². The Morgan fingerprint density at radius 1 is 1.23 bits per heavy atom. The van der Waals surface area contributed by atoms with Crippen LogP contribution in [0.3, 0.4) is 0 Å². The van der Waals surface area contributed by atoms with Gasteiger partial charge in [-0.25, -0.2) is 18.7 Å². The lowest BCUT2D eigenvalue weighted by molar-refractivity contribution is 0.417. The molecule has 9 heteroatoms. The standard InChI is InChI=1S/C17H14F2N6O/c18-11-4-2-1-3-10(11)8-22-15(14-5-6-26-25-14)7-13(20)17-23-9-12(19)16(21)24-17/h1-7,9,20,22H,8H2,(H2,21,23,24)/b15-7-,20-13?. The highest BCUT2D eigenvalue weighted by Gasteiger charge is 2.12. The molecule has 3 aromatic rings. The Balaban J connectivity index is 1.86. The van der Waals surface area contributed by atoms with Crippen LogP contribution in [0.5, 0.6) is 0 Å². The number of halogens is 2. The van der Waals surface area contributed by atoms with E-state index in [-0.39, 0.29) is 29.7 Å². The van der Waals surface area contributed by atoms with Crippen molar-refractivity contribution in [3.05, 3.63) is 77.6 Å². The Morgan fingerprint density at radius 3 is 2.73 bits per heavy atom. The monoisotopic (exact) mass is 356 g/mol. The minimum atomic E-state index is -0.764. The van der Waals surface area contributed by atoms with E-state index in [0.717, 1.165) is 6.20 Å². The van der Waals surface area contributed by atoms with Crippen LogP contribution in [-0.4, -0.2) is 20.8 Å². The maximum absolute atomic E-state index is 13.8. The molecular formula is C17H14F2N6O. The normalized spacial score (nSPS) is 11.4. The third-order valence-corrected chi connectivity index (χ3v) is 3.44. The zero-order chi connectivity index (χ0) is 18.5. The fourth-order valence-corrected chi connectivity index (χ4v) is 2.12. The van der Waals surface area contributed by atoms with E-state index in [9.17, 15) is 8.78 Å². The van der Waals surface area contributed by atoms with Gasteiger partial charge in [0.2, 0.25) is 0 Å². The predicted octanol–water partition coefficient (Wildman–Crippen LogP) is 2.52. The molecule has 2 heterocycles. The van der Waals surface area contributed by atoms with Crippen molar-refractivity contribution in [3.8, 4) is 0 Å². The molecule has 0 aliphatic carbocycles. The second kappa shape index (κ2) is 7.51. The molecule has 0 aliphatic heterocycles. The van der Waals surface area contributed by atoms with E-state index in [0.29, 0.717) is 17.0 Å². The largest absolute Gasteiger partial charge is 0.381 e. The molecule has 0 aliphatic rings. The fourth-order valence-electron chi connectivity index (χ4n) is 2.12. The number of nitrogen functional groups attached to an aromatic ring is 1. The predicted molar refractivity (Wildman–Crippen MR) is 91.0 cm³/mol. The Labute approximate surface area is 147 Å². The van der Waals surface area contributed by atoms with Gasteiger partial charge in [0.05, 0.1) is 11.9 Å². The van der Waals surface area contributed by atoms with E-state index >= 15 is 0 Å². The quantitative estimate of drug-likeness (QED) is 0.585. The van der Waals surface area contributed by atoms with Gasteiger partial charge in [-0.3, -0.25) is 5.41 Å². The van der Waals surface area contributed by atoms with Crippen molar-refractivity contribution < 1.29 is 13.3 Å². The molecule has 1 aromatic carbocycles. The summed E-state index contributed by atoms with van der Waals surface area (Å²) in [6, 6.07) is 7.88. The van der Waals surface area contributed by atoms with Gasteiger partial charge in [-0.1, -0.05) is 23.4 Å². The van der Waals surface area contributed by atoms with E-state index in [1.165, 1.54) is 18.4 Å². The highest BCUT2D eigenvalue weighted by atomic mass is 19.1. The summed E-state index contributed by atoms with van der Waals surface area (Å²) in [6.45, 7) is 0.158. The average Bonchev–Trinajstić information content (AvgIpc) is 3.16. The van der Waals surface area contributed by atoms with Crippen molar-refractivity contribution >= 4 is 17.2 Å². The van der Waals surface area contributed by atoms with Crippen molar-refractivity contribution in [2.24, 2.45) is 0 Å². The summed E-state index contributed by atoms with van der Waals surface area (Å²) in [4.78, 5) is 7.47. The van der Waals surface area contributed by atoms with E-state index in [1.807, 2.05) is 0 Å². The number of aromatic nitrogens is 3. The number of nitrogens with two attached hydrogens (primary N) is 1. The Hall–Kier alpha value is -3.62. The van der Waals surface area contributed by atoms with Gasteiger partial charge < -0.3 is 15.6 Å². The molecule has 7 nitrogen and oxygen atoms in total. The molecular weight excluding hydrogens is 342 g/mol. The number of anilines is 1. The van der Waals surface area contributed by atoms with Gasteiger partial charge in [-0.05, 0) is 12.1 Å². The maximum Gasteiger partial charge on any atom is 0.183 e. The summed E-state index contributed by atoms with van der Waals surface area (Å²) < 4.78 is 31.8. The van der Waals surface area contributed by atoms with Crippen molar-refractivity contribution in [2.45, 2.75) is 6.54 Å². The van der Waals surface area contributed by atoms with Crippen LogP contribution < -0.4 is 11.1 Å². The number of allylic oxidation sites excluding steroid dienone is 1. The molecule has 0 amide bonds. The number of benzene rings is 1. The van der Waals surface area contributed by atoms with Gasteiger partial charge in [0.1, 0.15) is 23.5 Å². The first-order valence-electron chi connectivity index (χ1n) is 7.51. The van der Waals surface area contributed by atoms with Crippen LogP contribution in [0.2, 0.25) is 0 Å². The van der Waals surface area contributed by atoms with Gasteiger partial charge in [0, 0.05) is 18.2 Å². The average molecular weight is 356 g/mol. The van der Waals surface area contributed by atoms with E-state index in [1.54, 1.807) is 24.3 Å². The van der Waals surface area contributed by atoms with Crippen LogP contribution in [0, 0.1) is 17.0 Å². The van der Waals surface area contributed by atoms with Crippen LogP contribution in [0.4, 0.5) is 14.6 Å². The van der Waals surface area contributed by atoms with Crippen molar-refractivity contribution in [2.75, 3.05) is 5.73 Å². The Morgan fingerprint density at radius 2 is 2.04 bits per heavy atom. The Kier molecular flexibility index (Phi) is 4.97. The first-order valence-corrected chi connectivity index (χ1v) is 7.51. The van der Waals surface area contributed by atoms with Gasteiger partial charge >= 0.3 is 0 Å². The first-order chi connectivity index (χ1) is 12.5. The molecule has 2 aromatic heterocycles. The summed E-state index contributed by atoms with van der Waals surface area (Å²) >= 11 is 0. The first kappa shape index (κ1) is 17.2. The third kappa shape index (κ3) is 3.89. The summed E-state index contributed by atoms with van der Waals surface area (Å²) in [5.74, 6) is -1.53. The summed E-state index contributed by atoms with van der Waals surface area (Å²) in [5, 5.41) is 14.9. The number of nitrogens with one attached hydrogen (secondary N) is 2. The molecule has 0 fully saturated rings. The third-order valence-electron chi connectivity index (χ3n) is 3.44. The number of hydrogen-bond donors (Lipinski definition) is 3. The summed E-state index contributed by atoms with van der Waals surface area (Å²) in [5.41, 5.74) is 6.51. The summed E-state index contributed by atoms with van der Waals surface area (Å²) in [6.07, 6.45) is 3.64. The van der Waals surface area contributed by atoms with Crippen LogP contribution in [-0.2, 0) is 6.54 Å². The molecule has 132 valence electrons. The van der Waals surface area contributed by atoms with Crippen molar-refractivity contribution in [3.63, 3.8) is 0 Å². The zero-order valence-corrected chi connectivity index (χ0v) is 13.4. The van der Waals surface area contributed by atoms with Crippen molar-refractivity contribution in [1.82, 2.24) is 20.4 Å². The molecule has 0 unspecified atom stereocenters. The van der Waals surface area contributed by atoms with Gasteiger partial charge in [0.15, 0.2) is 17.5 Å². The molecule has 0 saturated heterocycles. The van der Waals surface area contributed by atoms with E-state index in [4.69, 9.17) is 15.7 Å². The van der Waals surface area contributed by atoms with Crippen LogP contribution in [0.25, 0.3) is 5.70 Å².